The lowest BCUT2D eigenvalue weighted by molar-refractivity contribution is 0.0601. The van der Waals surface area contributed by atoms with E-state index in [-0.39, 0.29) is 11.5 Å². The molecule has 4 aromatic rings. The second-order valence-electron chi connectivity index (χ2n) is 8.10. The molecule has 0 amide bonds. The molecule has 0 radical (unpaired) electrons. The Labute approximate surface area is 195 Å². The highest BCUT2D eigenvalue weighted by Gasteiger charge is 2.17. The van der Waals surface area contributed by atoms with E-state index in [1.54, 1.807) is 22.8 Å². The van der Waals surface area contributed by atoms with Crippen molar-refractivity contribution in [3.05, 3.63) is 75.9 Å². The van der Waals surface area contributed by atoms with Crippen molar-refractivity contribution in [2.45, 2.75) is 38.2 Å². The van der Waals surface area contributed by atoms with E-state index in [1.165, 1.54) is 18.9 Å². The molecule has 170 valence electrons. The van der Waals surface area contributed by atoms with Gasteiger partial charge >= 0.3 is 5.97 Å². The summed E-state index contributed by atoms with van der Waals surface area (Å²) in [6.45, 7) is 6.53. The number of carbonyl (C=O) groups excluding carboxylic acids is 1. The van der Waals surface area contributed by atoms with Crippen LogP contribution in [0, 0.1) is 12.8 Å². The summed E-state index contributed by atoms with van der Waals surface area (Å²) < 4.78 is 12.4. The summed E-state index contributed by atoms with van der Waals surface area (Å²) in [6.07, 6.45) is 0. The normalized spacial score (nSPS) is 11.3. The number of aryl methyl sites for hydroxylation is 1. The molecule has 8 heteroatoms. The first-order chi connectivity index (χ1) is 15.9. The lowest BCUT2D eigenvalue weighted by atomic mass is 10.1. The predicted octanol–water partition coefficient (Wildman–Crippen LogP) is 5.09. The summed E-state index contributed by atoms with van der Waals surface area (Å²) in [5.74, 6) is 1.58. The minimum Gasteiger partial charge on any atom is -0.465 e. The van der Waals surface area contributed by atoms with Crippen LogP contribution in [0.1, 0.15) is 35.7 Å². The highest BCUT2D eigenvalue weighted by atomic mass is 32.2. The minimum atomic E-state index is -0.467. The van der Waals surface area contributed by atoms with Crippen molar-refractivity contribution in [1.29, 1.82) is 0 Å². The number of aromatic nitrogens is 3. The van der Waals surface area contributed by atoms with E-state index in [4.69, 9.17) is 14.1 Å². The summed E-state index contributed by atoms with van der Waals surface area (Å²) in [7, 11) is 1.33. The maximum Gasteiger partial charge on any atom is 0.337 e. The Morgan fingerprint density at radius 1 is 1.15 bits per heavy atom. The van der Waals surface area contributed by atoms with Crippen LogP contribution in [-0.2, 0) is 17.0 Å². The number of thioether (sulfide) groups is 1. The van der Waals surface area contributed by atoms with Crippen LogP contribution in [-0.4, -0.2) is 27.6 Å². The fraction of sp³-hybridized carbons (Fsp3) is 0.280. The number of nitrogens with zero attached hydrogens (tertiary/aromatic N) is 3. The highest BCUT2D eigenvalue weighted by Crippen LogP contribution is 2.27. The number of carbonyl (C=O) groups is 1. The maximum atomic E-state index is 13.3. The van der Waals surface area contributed by atoms with Gasteiger partial charge in [0.25, 0.3) is 5.56 Å². The van der Waals surface area contributed by atoms with Crippen molar-refractivity contribution < 1.29 is 13.9 Å². The number of rotatable bonds is 7. The monoisotopic (exact) mass is 463 g/mol. The summed E-state index contributed by atoms with van der Waals surface area (Å²) in [4.78, 5) is 34.6. The van der Waals surface area contributed by atoms with E-state index in [0.29, 0.717) is 39.8 Å². The van der Waals surface area contributed by atoms with Crippen LogP contribution in [0.2, 0.25) is 0 Å². The zero-order chi connectivity index (χ0) is 23.5. The molecule has 0 saturated carbocycles. The Kier molecular flexibility index (Phi) is 6.65. The summed E-state index contributed by atoms with van der Waals surface area (Å²) in [6, 6.07) is 14.6. The Morgan fingerprint density at radius 3 is 2.61 bits per heavy atom. The first-order valence-corrected chi connectivity index (χ1v) is 11.6. The Hall–Kier alpha value is -3.39. The van der Waals surface area contributed by atoms with Crippen LogP contribution in [0.3, 0.4) is 0 Å². The summed E-state index contributed by atoms with van der Waals surface area (Å²) >= 11 is 1.43. The molecule has 2 aromatic heterocycles. The molecule has 4 rings (SSSR count). The average Bonchev–Trinajstić information content (AvgIpc) is 3.19. The Bertz CT molecular complexity index is 1360. The van der Waals surface area contributed by atoms with Crippen LogP contribution in [0.5, 0.6) is 0 Å². The first-order valence-electron chi connectivity index (χ1n) is 10.6. The molecule has 0 atom stereocenters. The van der Waals surface area contributed by atoms with E-state index >= 15 is 0 Å². The van der Waals surface area contributed by atoms with Crippen LogP contribution in [0.4, 0.5) is 0 Å². The molecule has 0 aliphatic heterocycles. The van der Waals surface area contributed by atoms with Gasteiger partial charge in [-0.05, 0) is 43.2 Å². The smallest absolute Gasteiger partial charge is 0.337 e. The molecule has 0 fully saturated rings. The van der Waals surface area contributed by atoms with Crippen molar-refractivity contribution in [3.63, 3.8) is 0 Å². The second kappa shape index (κ2) is 9.62. The van der Waals surface area contributed by atoms with Gasteiger partial charge in [-0.25, -0.2) is 14.8 Å². The topological polar surface area (TPSA) is 87.2 Å². The van der Waals surface area contributed by atoms with Gasteiger partial charge in [-0.2, -0.15) is 0 Å². The van der Waals surface area contributed by atoms with Crippen molar-refractivity contribution >= 4 is 28.6 Å². The minimum absolute atomic E-state index is 0.130. The second-order valence-corrected chi connectivity index (χ2v) is 9.05. The number of hydrogen-bond donors (Lipinski definition) is 0. The van der Waals surface area contributed by atoms with Gasteiger partial charge in [0.2, 0.25) is 5.89 Å². The van der Waals surface area contributed by atoms with Gasteiger partial charge in [0.05, 0.1) is 29.3 Å². The van der Waals surface area contributed by atoms with Crippen LogP contribution in [0.25, 0.3) is 22.4 Å². The van der Waals surface area contributed by atoms with Crippen molar-refractivity contribution in [2.24, 2.45) is 5.92 Å². The lowest BCUT2D eigenvalue weighted by Crippen LogP contribution is -2.25. The molecule has 33 heavy (non-hydrogen) atoms. The largest absolute Gasteiger partial charge is 0.465 e. The van der Waals surface area contributed by atoms with Crippen LogP contribution < -0.4 is 5.56 Å². The predicted molar refractivity (Wildman–Crippen MR) is 128 cm³/mol. The van der Waals surface area contributed by atoms with Crippen LogP contribution >= 0.6 is 11.8 Å². The molecule has 0 aliphatic carbocycles. The maximum absolute atomic E-state index is 13.3. The molecular weight excluding hydrogens is 438 g/mol. The highest BCUT2D eigenvalue weighted by molar-refractivity contribution is 7.98. The number of fused-ring (bicyclic) bond motifs is 1. The third-order valence-corrected chi connectivity index (χ3v) is 6.13. The fourth-order valence-corrected chi connectivity index (χ4v) is 4.49. The van der Waals surface area contributed by atoms with Gasteiger partial charge in [-0.3, -0.25) is 9.36 Å². The van der Waals surface area contributed by atoms with Crippen LogP contribution in [0.15, 0.2) is 62.9 Å². The van der Waals surface area contributed by atoms with Gasteiger partial charge in [-0.1, -0.05) is 43.8 Å². The molecule has 0 saturated heterocycles. The van der Waals surface area contributed by atoms with Crippen molar-refractivity contribution in [3.8, 4) is 11.5 Å². The molecule has 0 N–H and O–H groups in total. The number of ether oxygens (including phenoxy) is 1. The zero-order valence-electron chi connectivity index (χ0n) is 19.0. The van der Waals surface area contributed by atoms with E-state index in [9.17, 15) is 9.59 Å². The number of benzene rings is 2. The molecule has 2 heterocycles. The number of esters is 1. The average molecular weight is 464 g/mol. The fourth-order valence-electron chi connectivity index (χ4n) is 3.48. The van der Waals surface area contributed by atoms with Crippen molar-refractivity contribution in [2.75, 3.05) is 7.11 Å². The van der Waals surface area contributed by atoms with Gasteiger partial charge in [0.15, 0.2) is 5.16 Å². The molecule has 7 nitrogen and oxygen atoms in total. The van der Waals surface area contributed by atoms with Gasteiger partial charge in [0, 0.05) is 17.9 Å². The van der Waals surface area contributed by atoms with E-state index < -0.39 is 5.97 Å². The molecule has 0 spiro atoms. The molecule has 2 aromatic carbocycles. The first kappa shape index (κ1) is 22.8. The van der Waals surface area contributed by atoms with Crippen molar-refractivity contribution in [1.82, 2.24) is 14.5 Å². The Morgan fingerprint density at radius 2 is 1.91 bits per heavy atom. The third kappa shape index (κ3) is 4.85. The van der Waals surface area contributed by atoms with E-state index in [1.807, 2.05) is 37.3 Å². The molecular formula is C25H25N3O4S. The number of hydrogen-bond acceptors (Lipinski definition) is 7. The molecule has 0 bridgehead atoms. The zero-order valence-corrected chi connectivity index (χ0v) is 19.8. The van der Waals surface area contributed by atoms with E-state index in [2.05, 4.69) is 18.8 Å². The standard InChI is InChI=1S/C25H25N3O4S/c1-15(2)13-28-23(29)19-11-10-18(24(30)31-4)12-20(19)27-25(28)33-14-21-16(3)32-22(26-21)17-8-6-5-7-9-17/h5-12,15H,13-14H2,1-4H3. The van der Waals surface area contributed by atoms with Gasteiger partial charge < -0.3 is 9.15 Å². The molecule has 0 unspecified atom stereocenters. The lowest BCUT2D eigenvalue weighted by Gasteiger charge is -2.15. The SMILES string of the molecule is COC(=O)c1ccc2c(=O)n(CC(C)C)c(SCc3nc(-c4ccccc4)oc3C)nc2c1. The van der Waals surface area contributed by atoms with Gasteiger partial charge in [0.1, 0.15) is 5.76 Å². The molecule has 0 aliphatic rings. The van der Waals surface area contributed by atoms with E-state index in [0.717, 1.165) is 17.0 Å². The summed E-state index contributed by atoms with van der Waals surface area (Å²) in [5.41, 5.74) is 2.40. The third-order valence-electron chi connectivity index (χ3n) is 5.14. The number of methoxy groups -OCH3 is 1. The van der Waals surface area contributed by atoms with Gasteiger partial charge in [-0.15, -0.1) is 0 Å². The Balaban J connectivity index is 1.70. The summed E-state index contributed by atoms with van der Waals surface area (Å²) in [5, 5.41) is 1.04. The number of oxazole rings is 1. The quantitative estimate of drug-likeness (QED) is 0.214.